The van der Waals surface area contributed by atoms with E-state index in [0.717, 1.165) is 0 Å². The van der Waals surface area contributed by atoms with Gasteiger partial charge in [-0.3, -0.25) is 0 Å². The van der Waals surface area contributed by atoms with Crippen molar-refractivity contribution in [1.82, 2.24) is 0 Å². The first-order valence-corrected chi connectivity index (χ1v) is 7.29. The minimum atomic E-state index is -2.89. The van der Waals surface area contributed by atoms with Gasteiger partial charge in [-0.1, -0.05) is 60.7 Å². The zero-order chi connectivity index (χ0) is 17.8. The molecule has 0 heterocycles. The van der Waals surface area contributed by atoms with Gasteiger partial charge in [-0.15, -0.1) is 0 Å². The van der Waals surface area contributed by atoms with Crippen LogP contribution in [-0.4, -0.2) is 43.6 Å². The third-order valence-electron chi connectivity index (χ3n) is 4.00. The molecule has 2 aromatic rings. The molecule has 0 aromatic heterocycles. The van der Waals surface area contributed by atoms with E-state index in [2.05, 4.69) is 0 Å². The zero-order valence-electron chi connectivity index (χ0n) is 12.8. The quantitative estimate of drug-likeness (QED) is 0.604. The van der Waals surface area contributed by atoms with Crippen molar-refractivity contribution in [3.63, 3.8) is 0 Å². The predicted octanol–water partition coefficient (Wildman–Crippen LogP) is 1.10. The molecule has 0 aliphatic rings. The van der Waals surface area contributed by atoms with Crippen LogP contribution in [0.25, 0.3) is 0 Å². The summed E-state index contributed by atoms with van der Waals surface area (Å²) < 4.78 is 0. The maximum atomic E-state index is 11.7. The molecule has 0 radical (unpaired) electrons. The Morgan fingerprint density at radius 3 is 1.21 bits per heavy atom. The Kier molecular flexibility index (Phi) is 5.02. The molecule has 2 unspecified atom stereocenters. The molecule has 0 saturated heterocycles. The molecule has 4 N–H and O–H groups in total. The Hall–Kier alpha value is -2.70. The number of aliphatic hydroxyl groups is 2. The number of carboxylic acid groups (broad SMARTS) is 2. The van der Waals surface area contributed by atoms with Gasteiger partial charge in [0.1, 0.15) is 0 Å². The van der Waals surface area contributed by atoms with Gasteiger partial charge in [0.05, 0.1) is 0 Å². The van der Waals surface area contributed by atoms with Gasteiger partial charge in [-0.05, 0) is 11.1 Å². The lowest BCUT2D eigenvalue weighted by atomic mass is 9.74. The van der Waals surface area contributed by atoms with Crippen molar-refractivity contribution in [2.24, 2.45) is 0 Å². The Morgan fingerprint density at radius 2 is 0.958 bits per heavy atom. The van der Waals surface area contributed by atoms with Crippen LogP contribution in [-0.2, 0) is 22.4 Å². The molecule has 2 atom stereocenters. The van der Waals surface area contributed by atoms with E-state index in [9.17, 15) is 30.0 Å². The molecule has 0 bridgehead atoms. The van der Waals surface area contributed by atoms with Crippen LogP contribution in [0.1, 0.15) is 11.1 Å². The number of hydrogen-bond acceptors (Lipinski definition) is 4. The van der Waals surface area contributed by atoms with Crippen molar-refractivity contribution in [1.29, 1.82) is 0 Å². The molecular formula is C18H18O6. The molecule has 2 rings (SSSR count). The molecule has 0 fully saturated rings. The highest BCUT2D eigenvalue weighted by atomic mass is 16.5. The van der Waals surface area contributed by atoms with E-state index in [1.807, 2.05) is 0 Å². The maximum Gasteiger partial charge on any atom is 0.339 e. The van der Waals surface area contributed by atoms with Crippen molar-refractivity contribution in [2.75, 3.05) is 0 Å². The minimum absolute atomic E-state index is 0.398. The van der Waals surface area contributed by atoms with Gasteiger partial charge in [0.2, 0.25) is 11.2 Å². The van der Waals surface area contributed by atoms with Crippen LogP contribution in [0.2, 0.25) is 0 Å². The van der Waals surface area contributed by atoms with Crippen LogP contribution >= 0.6 is 0 Å². The van der Waals surface area contributed by atoms with Crippen LogP contribution < -0.4 is 0 Å². The second-order valence-electron chi connectivity index (χ2n) is 5.66. The lowest BCUT2D eigenvalue weighted by Crippen LogP contribution is -2.66. The summed E-state index contributed by atoms with van der Waals surface area (Å²) in [6.45, 7) is 0. The van der Waals surface area contributed by atoms with Crippen LogP contribution in [0.15, 0.2) is 60.7 Å². The van der Waals surface area contributed by atoms with Crippen LogP contribution in [0.3, 0.4) is 0 Å². The van der Waals surface area contributed by atoms with Crippen molar-refractivity contribution >= 4 is 11.9 Å². The number of carboxylic acids is 2. The number of aliphatic carboxylic acids is 2. The van der Waals surface area contributed by atoms with E-state index in [1.165, 1.54) is 0 Å². The summed E-state index contributed by atoms with van der Waals surface area (Å²) >= 11 is 0. The average molecular weight is 330 g/mol. The molecule has 126 valence electrons. The van der Waals surface area contributed by atoms with Gasteiger partial charge in [0.15, 0.2) is 0 Å². The van der Waals surface area contributed by atoms with Crippen LogP contribution in [0.4, 0.5) is 0 Å². The van der Waals surface area contributed by atoms with Crippen molar-refractivity contribution in [3.05, 3.63) is 71.8 Å². The highest BCUT2D eigenvalue weighted by Crippen LogP contribution is 2.31. The van der Waals surface area contributed by atoms with E-state index < -0.39 is 36.0 Å². The monoisotopic (exact) mass is 330 g/mol. The Balaban J connectivity index is 2.47. The summed E-state index contributed by atoms with van der Waals surface area (Å²) in [5.74, 6) is -3.60. The average Bonchev–Trinajstić information content (AvgIpc) is 2.56. The highest BCUT2D eigenvalue weighted by Gasteiger charge is 2.60. The standard InChI is InChI=1S/C18H18O6/c19-15(20)17(23,11-13-7-3-1-4-8-13)18(24,16(21)22)12-14-9-5-2-6-10-14/h1-10,23-24H,11-12H2,(H,19,20)(H,21,22). The summed E-state index contributed by atoms with van der Waals surface area (Å²) in [5.41, 5.74) is -4.99. The first kappa shape index (κ1) is 17.7. The number of benzene rings is 2. The van der Waals surface area contributed by atoms with Gasteiger partial charge in [-0.2, -0.15) is 0 Å². The zero-order valence-corrected chi connectivity index (χ0v) is 12.8. The Morgan fingerprint density at radius 1 is 0.667 bits per heavy atom. The highest BCUT2D eigenvalue weighted by molar-refractivity contribution is 5.91. The fourth-order valence-corrected chi connectivity index (χ4v) is 2.58. The lowest BCUT2D eigenvalue weighted by Gasteiger charge is -2.37. The molecule has 6 heteroatoms. The number of carbonyl (C=O) groups is 2. The summed E-state index contributed by atoms with van der Waals surface area (Å²) in [6, 6.07) is 16.2. The molecule has 6 nitrogen and oxygen atoms in total. The smallest absolute Gasteiger partial charge is 0.339 e. The second-order valence-corrected chi connectivity index (χ2v) is 5.66. The van der Waals surface area contributed by atoms with Gasteiger partial charge >= 0.3 is 11.9 Å². The van der Waals surface area contributed by atoms with Crippen molar-refractivity contribution in [2.45, 2.75) is 24.0 Å². The summed E-state index contributed by atoms with van der Waals surface area (Å²) in [7, 11) is 0. The van der Waals surface area contributed by atoms with Crippen LogP contribution in [0.5, 0.6) is 0 Å². The van der Waals surface area contributed by atoms with Crippen LogP contribution in [0, 0.1) is 0 Å². The Labute approximate surface area is 138 Å². The molecule has 0 amide bonds. The lowest BCUT2D eigenvalue weighted by molar-refractivity contribution is -0.206. The van der Waals surface area contributed by atoms with Crippen molar-refractivity contribution in [3.8, 4) is 0 Å². The number of hydrogen-bond donors (Lipinski definition) is 4. The summed E-state index contributed by atoms with van der Waals surface area (Å²) in [4.78, 5) is 23.4. The van der Waals surface area contributed by atoms with E-state index in [-0.39, 0.29) is 0 Å². The van der Waals surface area contributed by atoms with E-state index >= 15 is 0 Å². The molecule has 2 aromatic carbocycles. The van der Waals surface area contributed by atoms with E-state index in [4.69, 9.17) is 0 Å². The van der Waals surface area contributed by atoms with E-state index in [1.54, 1.807) is 60.7 Å². The van der Waals surface area contributed by atoms with Crippen molar-refractivity contribution < 1.29 is 30.0 Å². The number of rotatable bonds is 7. The molecular weight excluding hydrogens is 312 g/mol. The van der Waals surface area contributed by atoms with Gasteiger partial charge in [0.25, 0.3) is 0 Å². The fraction of sp³-hybridized carbons (Fsp3) is 0.222. The topological polar surface area (TPSA) is 115 Å². The van der Waals surface area contributed by atoms with Gasteiger partial charge in [-0.25, -0.2) is 9.59 Å². The Bertz CT molecular complexity index is 651. The second kappa shape index (κ2) is 6.82. The van der Waals surface area contributed by atoms with E-state index in [0.29, 0.717) is 11.1 Å². The first-order valence-electron chi connectivity index (χ1n) is 7.29. The largest absolute Gasteiger partial charge is 0.479 e. The first-order chi connectivity index (χ1) is 11.3. The summed E-state index contributed by atoms with van der Waals surface area (Å²) in [5, 5.41) is 40.3. The SMILES string of the molecule is O=C(O)C(O)(Cc1ccccc1)C(O)(Cc1ccccc1)C(=O)O. The van der Waals surface area contributed by atoms with Gasteiger partial charge < -0.3 is 20.4 Å². The third kappa shape index (κ3) is 3.29. The minimum Gasteiger partial charge on any atom is -0.479 e. The normalized spacial score (nSPS) is 15.9. The molecule has 0 aliphatic heterocycles. The molecule has 0 spiro atoms. The molecule has 0 aliphatic carbocycles. The third-order valence-corrected chi connectivity index (χ3v) is 4.00. The van der Waals surface area contributed by atoms with Gasteiger partial charge in [0, 0.05) is 12.8 Å². The fourth-order valence-electron chi connectivity index (χ4n) is 2.58. The summed E-state index contributed by atoms with van der Waals surface area (Å²) in [6.07, 6.45) is -1.09. The molecule has 0 saturated carbocycles. The molecule has 24 heavy (non-hydrogen) atoms. The predicted molar refractivity (Wildman–Crippen MR) is 85.5 cm³/mol. The maximum absolute atomic E-state index is 11.7.